The summed E-state index contributed by atoms with van der Waals surface area (Å²) >= 11 is 0. The second kappa shape index (κ2) is 3.59. The van der Waals surface area contributed by atoms with Crippen molar-refractivity contribution in [3.8, 4) is 0 Å². The molecule has 84 valence electrons. The lowest BCUT2D eigenvalue weighted by Crippen LogP contribution is -2.19. The summed E-state index contributed by atoms with van der Waals surface area (Å²) in [7, 11) is 2.19. The molecule has 1 atom stereocenters. The Bertz CT molecular complexity index is 515. The van der Waals surface area contributed by atoms with Crippen molar-refractivity contribution < 1.29 is 0 Å². The Kier molecular flexibility index (Phi) is 2.21. The van der Waals surface area contributed by atoms with Gasteiger partial charge in [0.25, 0.3) is 0 Å². The number of pyridine rings is 1. The molecule has 0 aliphatic carbocycles. The third kappa shape index (κ3) is 1.43. The number of fused-ring (bicyclic) bond motifs is 1. The zero-order valence-electron chi connectivity index (χ0n) is 9.85. The van der Waals surface area contributed by atoms with Crippen LogP contribution in [0.1, 0.15) is 30.3 Å². The standard InChI is InChI=1S/C13H17N3/c1-10-5-7-16-11(8-10)9-14-13(16)12-4-3-6-15(12)2/h5,7-9,12H,3-4,6H2,1-2H3. The van der Waals surface area contributed by atoms with Crippen LogP contribution in [0, 0.1) is 6.92 Å². The van der Waals surface area contributed by atoms with Crippen LogP contribution in [0.3, 0.4) is 0 Å². The van der Waals surface area contributed by atoms with Gasteiger partial charge < -0.3 is 4.40 Å². The average molecular weight is 215 g/mol. The first-order chi connectivity index (χ1) is 7.75. The molecule has 3 heterocycles. The van der Waals surface area contributed by atoms with Crippen LogP contribution in [0.5, 0.6) is 0 Å². The molecule has 0 saturated carbocycles. The van der Waals surface area contributed by atoms with Crippen molar-refractivity contribution in [3.63, 3.8) is 0 Å². The molecule has 16 heavy (non-hydrogen) atoms. The van der Waals surface area contributed by atoms with Gasteiger partial charge in [0.15, 0.2) is 0 Å². The van der Waals surface area contributed by atoms with Crippen LogP contribution in [0.2, 0.25) is 0 Å². The fourth-order valence-corrected chi connectivity index (χ4v) is 2.61. The first-order valence-electron chi connectivity index (χ1n) is 5.89. The molecule has 1 aliphatic heterocycles. The molecule has 0 bridgehead atoms. The van der Waals surface area contributed by atoms with Crippen molar-refractivity contribution in [3.05, 3.63) is 35.9 Å². The van der Waals surface area contributed by atoms with Crippen LogP contribution in [0.4, 0.5) is 0 Å². The fraction of sp³-hybridized carbons (Fsp3) is 0.462. The Hall–Kier alpha value is -1.35. The van der Waals surface area contributed by atoms with Crippen molar-refractivity contribution in [2.75, 3.05) is 13.6 Å². The first kappa shape index (κ1) is 9.85. The van der Waals surface area contributed by atoms with E-state index in [9.17, 15) is 0 Å². The highest BCUT2D eigenvalue weighted by molar-refractivity contribution is 5.48. The summed E-state index contributed by atoms with van der Waals surface area (Å²) in [6.45, 7) is 3.31. The molecule has 1 aliphatic rings. The Morgan fingerprint density at radius 3 is 3.06 bits per heavy atom. The smallest absolute Gasteiger partial charge is 0.130 e. The molecule has 3 rings (SSSR count). The summed E-state index contributed by atoms with van der Waals surface area (Å²) in [5.41, 5.74) is 2.49. The fourth-order valence-electron chi connectivity index (χ4n) is 2.61. The molecule has 0 spiro atoms. The van der Waals surface area contributed by atoms with Gasteiger partial charge in [0.05, 0.1) is 17.8 Å². The lowest BCUT2D eigenvalue weighted by molar-refractivity contribution is 0.305. The van der Waals surface area contributed by atoms with Crippen molar-refractivity contribution >= 4 is 5.52 Å². The number of hydrogen-bond acceptors (Lipinski definition) is 2. The van der Waals surface area contributed by atoms with Crippen LogP contribution in [-0.4, -0.2) is 27.9 Å². The molecule has 1 saturated heterocycles. The van der Waals surface area contributed by atoms with E-state index in [4.69, 9.17) is 0 Å². The maximum atomic E-state index is 4.59. The Balaban J connectivity index is 2.10. The number of nitrogens with zero attached hydrogens (tertiary/aromatic N) is 3. The van der Waals surface area contributed by atoms with Gasteiger partial charge in [0.2, 0.25) is 0 Å². The van der Waals surface area contributed by atoms with Crippen molar-refractivity contribution in [2.24, 2.45) is 0 Å². The van der Waals surface area contributed by atoms with E-state index < -0.39 is 0 Å². The summed E-state index contributed by atoms with van der Waals surface area (Å²) in [6, 6.07) is 4.82. The van der Waals surface area contributed by atoms with Crippen molar-refractivity contribution in [1.82, 2.24) is 14.3 Å². The molecule has 0 amide bonds. The van der Waals surface area contributed by atoms with Gasteiger partial charge in [0.1, 0.15) is 5.82 Å². The third-order valence-corrected chi connectivity index (χ3v) is 3.53. The monoisotopic (exact) mass is 215 g/mol. The van der Waals surface area contributed by atoms with E-state index in [1.54, 1.807) is 0 Å². The summed E-state index contributed by atoms with van der Waals surface area (Å²) in [5.74, 6) is 1.19. The lowest BCUT2D eigenvalue weighted by Gasteiger charge is -2.18. The third-order valence-electron chi connectivity index (χ3n) is 3.53. The second-order valence-electron chi connectivity index (χ2n) is 4.75. The number of aryl methyl sites for hydroxylation is 1. The van der Waals surface area contributed by atoms with Gasteiger partial charge in [-0.15, -0.1) is 0 Å². The van der Waals surface area contributed by atoms with E-state index in [1.165, 1.54) is 36.3 Å². The second-order valence-corrected chi connectivity index (χ2v) is 4.75. The maximum Gasteiger partial charge on any atom is 0.130 e. The predicted molar refractivity (Wildman–Crippen MR) is 64.5 cm³/mol. The maximum absolute atomic E-state index is 4.59. The highest BCUT2D eigenvalue weighted by atomic mass is 15.2. The summed E-state index contributed by atoms with van der Waals surface area (Å²) in [6.07, 6.45) is 6.62. The van der Waals surface area contributed by atoms with Crippen molar-refractivity contribution in [1.29, 1.82) is 0 Å². The number of likely N-dealkylation sites (tertiary alicyclic amines) is 1. The Morgan fingerprint density at radius 1 is 1.44 bits per heavy atom. The minimum Gasteiger partial charge on any atom is -0.302 e. The highest BCUT2D eigenvalue weighted by Gasteiger charge is 2.25. The van der Waals surface area contributed by atoms with Crippen LogP contribution < -0.4 is 0 Å². The average Bonchev–Trinajstić information content (AvgIpc) is 2.83. The first-order valence-corrected chi connectivity index (χ1v) is 5.89. The van der Waals surface area contributed by atoms with Crippen LogP contribution in [0.15, 0.2) is 24.5 Å². The normalized spacial score (nSPS) is 22.0. The quantitative estimate of drug-likeness (QED) is 0.728. The van der Waals surface area contributed by atoms with Crippen LogP contribution >= 0.6 is 0 Å². The molecule has 3 nitrogen and oxygen atoms in total. The summed E-state index contributed by atoms with van der Waals surface area (Å²) < 4.78 is 2.22. The van der Waals surface area contributed by atoms with Gasteiger partial charge in [-0.25, -0.2) is 4.98 Å². The molecule has 2 aromatic rings. The number of imidazole rings is 1. The highest BCUT2D eigenvalue weighted by Crippen LogP contribution is 2.29. The molecule has 0 N–H and O–H groups in total. The van der Waals surface area contributed by atoms with Crippen molar-refractivity contribution in [2.45, 2.75) is 25.8 Å². The van der Waals surface area contributed by atoms with Crippen LogP contribution in [-0.2, 0) is 0 Å². The van der Waals surface area contributed by atoms with Gasteiger partial charge in [-0.3, -0.25) is 4.90 Å². The van der Waals surface area contributed by atoms with E-state index in [0.717, 1.165) is 0 Å². The molecular weight excluding hydrogens is 198 g/mol. The largest absolute Gasteiger partial charge is 0.302 e. The minimum atomic E-state index is 0.491. The van der Waals surface area contributed by atoms with E-state index in [2.05, 4.69) is 46.6 Å². The minimum absolute atomic E-state index is 0.491. The van der Waals surface area contributed by atoms with Gasteiger partial charge in [-0.05, 0) is 51.1 Å². The zero-order valence-corrected chi connectivity index (χ0v) is 9.85. The van der Waals surface area contributed by atoms with Gasteiger partial charge in [-0.1, -0.05) is 0 Å². The molecular formula is C13H17N3. The SMILES string of the molecule is Cc1ccn2c(C3CCCN3C)ncc2c1. The molecule has 1 unspecified atom stereocenters. The Labute approximate surface area is 95.7 Å². The topological polar surface area (TPSA) is 20.5 Å². The molecule has 1 fully saturated rings. The Morgan fingerprint density at radius 2 is 2.31 bits per heavy atom. The van der Waals surface area contributed by atoms with Gasteiger partial charge >= 0.3 is 0 Å². The number of hydrogen-bond donors (Lipinski definition) is 0. The summed E-state index contributed by atoms with van der Waals surface area (Å²) in [5, 5.41) is 0. The molecule has 3 heteroatoms. The zero-order chi connectivity index (χ0) is 11.1. The van der Waals surface area contributed by atoms with E-state index in [-0.39, 0.29) is 0 Å². The lowest BCUT2D eigenvalue weighted by atomic mass is 10.2. The van der Waals surface area contributed by atoms with E-state index in [0.29, 0.717) is 6.04 Å². The molecule has 0 aromatic carbocycles. The number of rotatable bonds is 1. The predicted octanol–water partition coefficient (Wildman–Crippen LogP) is 2.41. The summed E-state index contributed by atoms with van der Waals surface area (Å²) in [4.78, 5) is 6.99. The van der Waals surface area contributed by atoms with Gasteiger partial charge in [0, 0.05) is 6.20 Å². The van der Waals surface area contributed by atoms with Crippen LogP contribution in [0.25, 0.3) is 5.52 Å². The van der Waals surface area contributed by atoms with E-state index >= 15 is 0 Å². The van der Waals surface area contributed by atoms with Gasteiger partial charge in [-0.2, -0.15) is 0 Å². The molecule has 0 radical (unpaired) electrons. The number of aromatic nitrogens is 2. The van der Waals surface area contributed by atoms with E-state index in [1.807, 2.05) is 6.20 Å². The molecule has 2 aromatic heterocycles.